The Morgan fingerprint density at radius 3 is 3.18 bits per heavy atom. The van der Waals surface area contributed by atoms with Gasteiger partial charge in [0.15, 0.2) is 0 Å². The number of nitrogen functional groups attached to an aromatic ring is 1. The molecule has 1 atom stereocenters. The van der Waals surface area contributed by atoms with Crippen LogP contribution in [0.25, 0.3) is 0 Å². The summed E-state index contributed by atoms with van der Waals surface area (Å²) >= 11 is 1.49. The van der Waals surface area contributed by atoms with Crippen molar-refractivity contribution in [1.29, 1.82) is 0 Å². The quantitative estimate of drug-likeness (QED) is 0.806. The molecule has 116 valence electrons. The molecule has 0 spiro atoms. The number of nitrogens with two attached hydrogens (primary N) is 1. The average Bonchev–Trinajstić information content (AvgIpc) is 2.82. The Morgan fingerprint density at radius 2 is 2.41 bits per heavy atom. The molecule has 1 unspecified atom stereocenters. The highest BCUT2D eigenvalue weighted by Gasteiger charge is 2.23. The number of nitrogens with one attached hydrogen (secondary N) is 1. The number of hydrogen-bond acceptors (Lipinski definition) is 5. The molecule has 0 saturated heterocycles. The predicted molar refractivity (Wildman–Crippen MR) is 88.0 cm³/mol. The van der Waals surface area contributed by atoms with Crippen molar-refractivity contribution in [2.45, 2.75) is 38.2 Å². The summed E-state index contributed by atoms with van der Waals surface area (Å²) in [5.41, 5.74) is 8.93. The van der Waals surface area contributed by atoms with E-state index < -0.39 is 0 Å². The lowest BCUT2D eigenvalue weighted by atomic mass is 9.96. The third kappa shape index (κ3) is 3.28. The molecule has 0 aliphatic heterocycles. The van der Waals surface area contributed by atoms with Crippen molar-refractivity contribution in [3.8, 4) is 0 Å². The molecule has 5 nitrogen and oxygen atoms in total. The molecule has 6 heteroatoms. The third-order valence-electron chi connectivity index (χ3n) is 3.90. The zero-order chi connectivity index (χ0) is 15.5. The summed E-state index contributed by atoms with van der Waals surface area (Å²) in [4.78, 5) is 17.2. The summed E-state index contributed by atoms with van der Waals surface area (Å²) in [6, 6.07) is 3.82. The minimum absolute atomic E-state index is 0.0466. The minimum atomic E-state index is -0.292. The number of aliphatic hydroxyl groups is 1. The molecule has 22 heavy (non-hydrogen) atoms. The number of carbonyl (C=O) groups excluding carboxylic acids is 1. The topological polar surface area (TPSA) is 88.2 Å². The van der Waals surface area contributed by atoms with Gasteiger partial charge in [-0.3, -0.25) is 9.78 Å². The number of anilines is 2. The molecule has 0 bridgehead atoms. The van der Waals surface area contributed by atoms with Crippen molar-refractivity contribution in [1.82, 2.24) is 4.98 Å². The molecule has 0 fully saturated rings. The van der Waals surface area contributed by atoms with Crippen LogP contribution in [0.3, 0.4) is 0 Å². The number of pyridine rings is 1. The zero-order valence-electron chi connectivity index (χ0n) is 12.2. The summed E-state index contributed by atoms with van der Waals surface area (Å²) in [6.45, 7) is 0. The number of fused-ring (bicyclic) bond motifs is 1. The van der Waals surface area contributed by atoms with Crippen molar-refractivity contribution in [2.75, 3.05) is 11.1 Å². The van der Waals surface area contributed by atoms with E-state index in [1.54, 1.807) is 12.4 Å². The number of thiophene rings is 1. The third-order valence-corrected chi connectivity index (χ3v) is 5.08. The Balaban J connectivity index is 1.62. The Bertz CT molecular complexity index is 670. The maximum absolute atomic E-state index is 12.1. The van der Waals surface area contributed by atoms with Crippen molar-refractivity contribution in [2.24, 2.45) is 0 Å². The summed E-state index contributed by atoms with van der Waals surface area (Å²) in [6.07, 6.45) is 6.41. The summed E-state index contributed by atoms with van der Waals surface area (Å²) in [7, 11) is 0. The van der Waals surface area contributed by atoms with E-state index in [2.05, 4.69) is 10.3 Å². The van der Waals surface area contributed by atoms with Gasteiger partial charge in [0.25, 0.3) is 0 Å². The maximum Gasteiger partial charge on any atom is 0.225 e. The van der Waals surface area contributed by atoms with Gasteiger partial charge in [0.1, 0.15) is 5.00 Å². The van der Waals surface area contributed by atoms with E-state index >= 15 is 0 Å². The Hall–Kier alpha value is -1.92. The van der Waals surface area contributed by atoms with Crippen molar-refractivity contribution in [3.63, 3.8) is 0 Å². The molecule has 4 N–H and O–H groups in total. The van der Waals surface area contributed by atoms with Crippen LogP contribution in [0.2, 0.25) is 0 Å². The summed E-state index contributed by atoms with van der Waals surface area (Å²) in [5.74, 6) is -0.0466. The van der Waals surface area contributed by atoms with E-state index in [1.165, 1.54) is 11.3 Å². The van der Waals surface area contributed by atoms with Crippen molar-refractivity contribution in [3.05, 3.63) is 40.5 Å². The van der Waals surface area contributed by atoms with Gasteiger partial charge in [-0.15, -0.1) is 11.3 Å². The molecular formula is C16H19N3O2S. The van der Waals surface area contributed by atoms with Crippen LogP contribution in [-0.2, 0) is 24.1 Å². The lowest BCUT2D eigenvalue weighted by molar-refractivity contribution is -0.116. The first kappa shape index (κ1) is 15.0. The number of rotatable bonds is 4. The zero-order valence-corrected chi connectivity index (χ0v) is 13.0. The number of aromatic nitrogens is 1. The van der Waals surface area contributed by atoms with Gasteiger partial charge >= 0.3 is 0 Å². The van der Waals surface area contributed by atoms with Gasteiger partial charge in [0, 0.05) is 30.1 Å². The number of aliphatic hydroxyl groups excluding tert-OH is 1. The minimum Gasteiger partial charge on any atom is -0.396 e. The SMILES string of the molecule is Nc1c(NC(=O)CCc2cccnc2)sc2c1CCC(O)C2. The molecule has 1 amide bonds. The van der Waals surface area contributed by atoms with Crippen LogP contribution in [0.4, 0.5) is 10.7 Å². The van der Waals surface area contributed by atoms with Crippen LogP contribution in [0, 0.1) is 0 Å². The van der Waals surface area contributed by atoms with Gasteiger partial charge < -0.3 is 16.2 Å². The van der Waals surface area contributed by atoms with Crippen LogP contribution >= 0.6 is 11.3 Å². The van der Waals surface area contributed by atoms with E-state index in [4.69, 9.17) is 5.73 Å². The molecule has 0 saturated carbocycles. The Labute approximate surface area is 133 Å². The molecule has 0 aromatic carbocycles. The van der Waals surface area contributed by atoms with Gasteiger partial charge in [0.05, 0.1) is 11.8 Å². The predicted octanol–water partition coefficient (Wildman–Crippen LogP) is 2.15. The van der Waals surface area contributed by atoms with Gasteiger partial charge in [-0.1, -0.05) is 6.07 Å². The monoisotopic (exact) mass is 317 g/mol. The highest BCUT2D eigenvalue weighted by Crippen LogP contribution is 2.40. The molecule has 2 heterocycles. The fourth-order valence-electron chi connectivity index (χ4n) is 2.68. The van der Waals surface area contributed by atoms with Crippen LogP contribution in [0.5, 0.6) is 0 Å². The number of hydrogen-bond donors (Lipinski definition) is 3. The average molecular weight is 317 g/mol. The van der Waals surface area contributed by atoms with E-state index in [1.807, 2.05) is 12.1 Å². The first-order valence-corrected chi connectivity index (χ1v) is 8.22. The smallest absolute Gasteiger partial charge is 0.225 e. The van der Waals surface area contributed by atoms with Gasteiger partial charge in [-0.05, 0) is 36.5 Å². The Morgan fingerprint density at radius 1 is 1.55 bits per heavy atom. The first-order valence-electron chi connectivity index (χ1n) is 7.40. The molecule has 2 aromatic heterocycles. The van der Waals surface area contributed by atoms with E-state index in [-0.39, 0.29) is 12.0 Å². The van der Waals surface area contributed by atoms with Crippen LogP contribution < -0.4 is 11.1 Å². The molecular weight excluding hydrogens is 298 g/mol. The molecule has 1 aliphatic rings. The Kier molecular flexibility index (Phi) is 4.40. The maximum atomic E-state index is 12.1. The standard InChI is InChI=1S/C16H19N3O2S/c17-15-12-5-4-11(20)8-13(12)22-16(15)19-14(21)6-3-10-2-1-7-18-9-10/h1-2,7,9,11,20H,3-6,8,17H2,(H,19,21). The van der Waals surface area contributed by atoms with E-state index in [9.17, 15) is 9.90 Å². The van der Waals surface area contributed by atoms with Gasteiger partial charge in [-0.2, -0.15) is 0 Å². The number of aryl methyl sites for hydroxylation is 1. The first-order chi connectivity index (χ1) is 10.6. The lowest BCUT2D eigenvalue weighted by Gasteiger charge is -2.16. The second-order valence-electron chi connectivity index (χ2n) is 5.55. The molecule has 1 aliphatic carbocycles. The van der Waals surface area contributed by atoms with Crippen molar-refractivity contribution < 1.29 is 9.90 Å². The lowest BCUT2D eigenvalue weighted by Crippen LogP contribution is -2.17. The largest absolute Gasteiger partial charge is 0.396 e. The van der Waals surface area contributed by atoms with Gasteiger partial charge in [0.2, 0.25) is 5.91 Å². The highest BCUT2D eigenvalue weighted by atomic mass is 32.1. The molecule has 0 radical (unpaired) electrons. The second-order valence-corrected chi connectivity index (χ2v) is 6.66. The van der Waals surface area contributed by atoms with E-state index in [0.717, 1.165) is 33.8 Å². The number of carbonyl (C=O) groups is 1. The number of nitrogens with zero attached hydrogens (tertiary/aromatic N) is 1. The fourth-order valence-corrected chi connectivity index (χ4v) is 3.93. The summed E-state index contributed by atoms with van der Waals surface area (Å²) in [5, 5.41) is 13.3. The van der Waals surface area contributed by atoms with Crippen LogP contribution in [0.15, 0.2) is 24.5 Å². The molecule has 3 rings (SSSR count). The van der Waals surface area contributed by atoms with Crippen molar-refractivity contribution >= 4 is 27.9 Å². The highest BCUT2D eigenvalue weighted by molar-refractivity contribution is 7.17. The van der Waals surface area contributed by atoms with Gasteiger partial charge in [-0.25, -0.2) is 0 Å². The number of amides is 1. The normalized spacial score (nSPS) is 17.0. The fraction of sp³-hybridized carbons (Fsp3) is 0.375. The second kappa shape index (κ2) is 6.46. The van der Waals surface area contributed by atoms with Crippen LogP contribution in [-0.4, -0.2) is 22.1 Å². The summed E-state index contributed by atoms with van der Waals surface area (Å²) < 4.78 is 0. The van der Waals surface area contributed by atoms with E-state index in [0.29, 0.717) is 24.9 Å². The molecule has 2 aromatic rings. The van der Waals surface area contributed by atoms with Crippen LogP contribution in [0.1, 0.15) is 28.8 Å².